The van der Waals surface area contributed by atoms with Crippen LogP contribution in [0.1, 0.15) is 23.4 Å². The molecule has 0 saturated carbocycles. The van der Waals surface area contributed by atoms with Gasteiger partial charge in [-0.3, -0.25) is 14.6 Å². The number of alkyl halides is 3. The fourth-order valence-corrected chi connectivity index (χ4v) is 13.0. The summed E-state index contributed by atoms with van der Waals surface area (Å²) in [4.78, 5) is 53.9. The predicted molar refractivity (Wildman–Crippen MR) is 407 cm³/mol. The topological polar surface area (TPSA) is 310 Å². The average Bonchev–Trinajstić information content (AvgIpc) is 1.67. The van der Waals surface area contributed by atoms with Crippen molar-refractivity contribution in [3.05, 3.63) is 191 Å². The van der Waals surface area contributed by atoms with Gasteiger partial charge in [0.25, 0.3) is 6.47 Å². The second-order valence-corrected chi connectivity index (χ2v) is 27.5. The molecule has 34 heteroatoms. The number of aromatic hydroxyl groups is 1. The number of thioether (sulfide) groups is 4. The number of carbonyl (C=O) groups is 3. The van der Waals surface area contributed by atoms with E-state index in [1.165, 1.54) is 60.5 Å². The van der Waals surface area contributed by atoms with Crippen LogP contribution in [0.5, 0.6) is 17.2 Å². The number of nitrogens with two attached hydrogens (primary N) is 1. The Bertz CT molecular complexity index is 3930. The number of carbonyl (C=O) groups excluding carboxylic acids is 1. The molecule has 3 aromatic heterocycles. The SMILES string of the molecule is CC[O-].Cl.ClCCBr.ClCCSc1ccccc1.N#Cc1nc2ccc(O)cc2s1.N#Cc1nc2ccc(OCCSc3ccccc3)cc2s1.N[C@H](CS)C(=O)O.O=C(O)[C@H]1CSC(c2nc3ccc(OCCSc4ccccc4)cc3s2)=N1.O=CO[O-].Sc1ccccc1.[H-].[K+].[K+].[Na+]. The van der Waals surface area contributed by atoms with E-state index in [2.05, 4.69) is 108 Å². The standard InChI is InChI=1S/C19H16N2O3S3.C16H12N2OS2.C8H9ClS.C8H4N2OS.C6H6S.C3H7NO2S.C2H4BrCl.C2H5O.CH2O3.ClH.2K.Na.H/c22-19(23)15-11-26-17(21-15)18-20-14-7-6-12(10-16(14)27-18)24-8-9-25-13-4-2-1-3-5-13;17-11-16-18-14-7-6-12(10-15(14)21-16)19-8-9-20-13-4-2-1-3-5-13;9-6-7-10-8-4-2-1-3-5-8;9-4-8-10-6-2-1-5(11)3-7(6)12-8;7-6-4-2-1-3-5-6;4-2(1-7)3(5)6;3-1-2-4;1-2-3;2-1-4-3;;;;;/h1-7,10,15H,8-9,11H2,(H,22,23);1-7,10H,8-9H2;1-5H,6-7H2;1-3,11H;1-5,7H;2,7H,1,4H2,(H,5,6);1-2H2;2H2,1H3;1,3H;1H;;;;/q;;;;;;;-1;;;3*+1;-1/p-1/t15-;;;;;2-;;;;;;;;/m1....1......../s1. The van der Waals surface area contributed by atoms with E-state index in [0.717, 1.165) is 80.5 Å². The summed E-state index contributed by atoms with van der Waals surface area (Å²) in [5.74, 6) is 4.80. The Morgan fingerprint density at radius 2 is 1.11 bits per heavy atom. The fraction of sp³-hybridized carbons (Fsp3) is 0.215. The number of rotatable bonds is 19. The van der Waals surface area contributed by atoms with Gasteiger partial charge in [0.15, 0.2) is 16.1 Å². The maximum absolute atomic E-state index is 11.1. The van der Waals surface area contributed by atoms with Gasteiger partial charge < -0.3 is 47.2 Å². The molecule has 5 N–H and O–H groups in total. The first-order valence-electron chi connectivity index (χ1n) is 27.8. The van der Waals surface area contributed by atoms with Gasteiger partial charge in [0, 0.05) is 65.4 Å². The van der Waals surface area contributed by atoms with Gasteiger partial charge in [0.2, 0.25) is 0 Å². The molecule has 0 radical (unpaired) electrons. The number of aliphatic carboxylic acids is 2. The number of thiol groups is 2. The van der Waals surface area contributed by atoms with Gasteiger partial charge in [-0.1, -0.05) is 95.7 Å². The maximum atomic E-state index is 11.1. The Morgan fingerprint density at radius 3 is 1.45 bits per heavy atom. The first-order valence-corrected chi connectivity index (χ1v) is 37.5. The van der Waals surface area contributed by atoms with Gasteiger partial charge in [0.1, 0.15) is 45.5 Å². The molecule has 11 rings (SSSR count). The molecular weight excluding hydrogens is 1630 g/mol. The van der Waals surface area contributed by atoms with Crippen molar-refractivity contribution >= 4 is 212 Å². The molecule has 512 valence electrons. The number of nitriles is 2. The molecule has 1 aliphatic rings. The Hall–Kier alpha value is -1.73. The summed E-state index contributed by atoms with van der Waals surface area (Å²) in [6.07, 6.45) is 0. The van der Waals surface area contributed by atoms with E-state index < -0.39 is 24.0 Å². The number of hydrogen-bond donors (Lipinski definition) is 6. The van der Waals surface area contributed by atoms with Crippen molar-refractivity contribution in [1.29, 1.82) is 10.5 Å². The van der Waals surface area contributed by atoms with E-state index >= 15 is 0 Å². The Kier molecular flexibility index (Phi) is 62.7. The largest absolute Gasteiger partial charge is 1.00 e. The van der Waals surface area contributed by atoms with Crippen molar-refractivity contribution in [2.24, 2.45) is 10.7 Å². The summed E-state index contributed by atoms with van der Waals surface area (Å²) in [5, 5.41) is 64.2. The predicted octanol–water partition coefficient (Wildman–Crippen LogP) is 5.92. The minimum Gasteiger partial charge on any atom is -1.00 e. The number of nitrogens with zero attached hydrogens (tertiary/aromatic N) is 6. The monoisotopic (exact) mass is 1690 g/mol. The van der Waals surface area contributed by atoms with Crippen molar-refractivity contribution in [1.82, 2.24) is 15.0 Å². The Labute approximate surface area is 749 Å². The van der Waals surface area contributed by atoms with Crippen LogP contribution >= 0.6 is 158 Å². The molecule has 2 atom stereocenters. The number of carboxylic acids is 2. The number of phenolic OH excluding ortho intramolecular Hbond substituents is 1. The van der Waals surface area contributed by atoms with Crippen LogP contribution in [-0.2, 0) is 19.3 Å². The van der Waals surface area contributed by atoms with E-state index in [1.807, 2.05) is 127 Å². The summed E-state index contributed by atoms with van der Waals surface area (Å²) in [5.41, 5.74) is 7.43. The molecule has 10 aromatic rings. The number of halogens is 4. The third kappa shape index (κ3) is 43.5. The molecule has 0 unspecified atom stereocenters. The third-order valence-electron chi connectivity index (χ3n) is 10.6. The summed E-state index contributed by atoms with van der Waals surface area (Å²) in [6.45, 7) is 2.66. The average molecular weight is 1700 g/mol. The van der Waals surface area contributed by atoms with Crippen LogP contribution in [0.3, 0.4) is 0 Å². The second kappa shape index (κ2) is 62.5. The maximum Gasteiger partial charge on any atom is 1.00 e. The number of hydrogen-bond acceptors (Lipinski definition) is 25. The van der Waals surface area contributed by atoms with Gasteiger partial charge >= 0.3 is 144 Å². The molecule has 0 bridgehead atoms. The normalized spacial score (nSPS) is 11.1. The molecule has 4 heterocycles. The van der Waals surface area contributed by atoms with Crippen molar-refractivity contribution in [3.63, 3.8) is 0 Å². The van der Waals surface area contributed by atoms with Crippen molar-refractivity contribution in [2.75, 3.05) is 65.7 Å². The third-order valence-corrected chi connectivity index (χ3v) is 19.8. The minimum absolute atomic E-state index is 0. The van der Waals surface area contributed by atoms with E-state index in [-0.39, 0.29) is 171 Å². The summed E-state index contributed by atoms with van der Waals surface area (Å²) >= 11 is 32.5. The number of aromatic nitrogens is 3. The van der Waals surface area contributed by atoms with Crippen LogP contribution in [-0.4, -0.2) is 131 Å². The number of benzene rings is 7. The van der Waals surface area contributed by atoms with Crippen molar-refractivity contribution < 1.29 is 188 Å². The molecule has 7 aromatic carbocycles. The number of aliphatic imine (C=N–C) groups is 1. The summed E-state index contributed by atoms with van der Waals surface area (Å²) in [7, 11) is 0. The van der Waals surface area contributed by atoms with Crippen LogP contribution in [0, 0.1) is 22.7 Å². The number of thiazole rings is 3. The Morgan fingerprint density at radius 1 is 0.717 bits per heavy atom. The molecule has 0 aliphatic carbocycles. The zero-order valence-electron chi connectivity index (χ0n) is 54.9. The smallest absolute Gasteiger partial charge is 1.00 e. The Balaban J connectivity index is -0.00000115. The molecule has 0 saturated heterocycles. The number of carboxylic acid groups (broad SMARTS) is 2. The molecule has 0 fully saturated rings. The molecule has 0 amide bonds. The van der Waals surface area contributed by atoms with Crippen molar-refractivity contribution in [3.8, 4) is 29.4 Å². The minimum atomic E-state index is -1.00. The zero-order valence-corrected chi connectivity index (χ0v) is 73.6. The van der Waals surface area contributed by atoms with Crippen LogP contribution in [0.25, 0.3) is 30.6 Å². The molecule has 18 nitrogen and oxygen atoms in total. The van der Waals surface area contributed by atoms with Gasteiger partial charge in [0.05, 0.1) is 43.9 Å². The molecular formula is C65H66BrCl3K2N7NaO11S9. The van der Waals surface area contributed by atoms with E-state index in [4.69, 9.17) is 79.4 Å². The molecule has 1 aliphatic heterocycles. The van der Waals surface area contributed by atoms with Gasteiger partial charge in [-0.2, -0.15) is 23.2 Å². The van der Waals surface area contributed by atoms with E-state index in [9.17, 15) is 9.59 Å². The summed E-state index contributed by atoms with van der Waals surface area (Å²) < 4.78 is 14.5. The van der Waals surface area contributed by atoms with Crippen LogP contribution in [0.4, 0.5) is 0 Å². The van der Waals surface area contributed by atoms with Crippen molar-refractivity contribution in [2.45, 2.75) is 38.6 Å². The quantitative estimate of drug-likeness (QED) is 0.00800. The van der Waals surface area contributed by atoms with Gasteiger partial charge in [-0.05, 0) is 103 Å². The van der Waals surface area contributed by atoms with Gasteiger partial charge in [-0.25, -0.2) is 19.7 Å². The number of phenols is 1. The van der Waals surface area contributed by atoms with Crippen LogP contribution < -0.4 is 158 Å². The first-order chi connectivity index (χ1) is 46.1. The number of ether oxygens (including phenoxy) is 2. The second-order valence-electron chi connectivity index (χ2n) is 17.5. The van der Waals surface area contributed by atoms with Crippen LogP contribution in [0.15, 0.2) is 200 Å². The summed E-state index contributed by atoms with van der Waals surface area (Å²) in [6, 6.07) is 59.6. The molecule has 0 spiro atoms. The van der Waals surface area contributed by atoms with Crippen LogP contribution in [0.2, 0.25) is 0 Å². The fourth-order valence-electron chi connectivity index (χ4n) is 6.56. The molecule has 99 heavy (non-hydrogen) atoms. The van der Waals surface area contributed by atoms with Gasteiger partial charge in [-0.15, -0.1) is 136 Å². The zero-order chi connectivity index (χ0) is 69.4. The van der Waals surface area contributed by atoms with E-state index in [0.29, 0.717) is 39.9 Å². The van der Waals surface area contributed by atoms with E-state index in [1.54, 1.807) is 60.4 Å². The first kappa shape index (κ1) is 99.3. The number of fused-ring (bicyclic) bond motifs is 3.